The zero-order chi connectivity index (χ0) is 17.5. The Hall–Kier alpha value is -2.41. The van der Waals surface area contributed by atoms with Gasteiger partial charge in [0.05, 0.1) is 0 Å². The molecular weight excluding hydrogens is 312 g/mol. The highest BCUT2D eigenvalue weighted by atomic mass is 16.5. The average Bonchev–Trinajstić information content (AvgIpc) is 2.56. The number of hydrogen-bond donors (Lipinski definition) is 3. The van der Waals surface area contributed by atoms with Crippen LogP contribution in [0.4, 0.5) is 5.69 Å². The fourth-order valence-electron chi connectivity index (χ4n) is 2.71. The van der Waals surface area contributed by atoms with Gasteiger partial charge in [0.2, 0.25) is 11.8 Å². The number of carbonyl (C=O) groups excluding carboxylic acids is 2. The Labute approximate surface area is 140 Å². The standard InChI is InChI=1S/C17H22N2O5/c1-24-9-8-14(17(22)23)18-15(20)7-6-12-10-11-4-2-3-5-13(11)19-16(12)21/h2-5,12,14H,6-10H2,1H3,(H,18,20)(H,19,21)(H,22,23). The molecule has 1 aromatic rings. The molecule has 3 N–H and O–H groups in total. The van der Waals surface area contributed by atoms with Gasteiger partial charge in [-0.25, -0.2) is 4.79 Å². The fraction of sp³-hybridized carbons (Fsp3) is 0.471. The highest BCUT2D eigenvalue weighted by molar-refractivity contribution is 5.96. The molecule has 7 nitrogen and oxygen atoms in total. The summed E-state index contributed by atoms with van der Waals surface area (Å²) in [6.45, 7) is 0.249. The number of anilines is 1. The van der Waals surface area contributed by atoms with Crippen molar-refractivity contribution >= 4 is 23.5 Å². The van der Waals surface area contributed by atoms with Crippen molar-refractivity contribution in [1.82, 2.24) is 5.32 Å². The number of fused-ring (bicyclic) bond motifs is 1. The quantitative estimate of drug-likeness (QED) is 0.662. The van der Waals surface area contributed by atoms with E-state index < -0.39 is 12.0 Å². The predicted molar refractivity (Wildman–Crippen MR) is 87.6 cm³/mol. The van der Waals surface area contributed by atoms with Crippen molar-refractivity contribution in [3.63, 3.8) is 0 Å². The second kappa shape index (κ2) is 8.44. The number of methoxy groups -OCH3 is 1. The largest absolute Gasteiger partial charge is 0.480 e. The number of para-hydroxylation sites is 1. The third-order valence-electron chi connectivity index (χ3n) is 4.08. The third kappa shape index (κ3) is 4.79. The lowest BCUT2D eigenvalue weighted by Crippen LogP contribution is -2.42. The predicted octanol–water partition coefficient (Wildman–Crippen LogP) is 1.18. The summed E-state index contributed by atoms with van der Waals surface area (Å²) in [6, 6.07) is 6.60. The Morgan fingerprint density at radius 1 is 1.42 bits per heavy atom. The van der Waals surface area contributed by atoms with Gasteiger partial charge in [-0.3, -0.25) is 9.59 Å². The smallest absolute Gasteiger partial charge is 0.326 e. The van der Waals surface area contributed by atoms with Gasteiger partial charge in [-0.1, -0.05) is 18.2 Å². The van der Waals surface area contributed by atoms with Crippen molar-refractivity contribution in [1.29, 1.82) is 0 Å². The molecule has 0 aliphatic carbocycles. The number of carbonyl (C=O) groups is 3. The maximum absolute atomic E-state index is 12.1. The molecule has 24 heavy (non-hydrogen) atoms. The maximum atomic E-state index is 12.1. The van der Waals surface area contributed by atoms with Crippen LogP contribution in [0.5, 0.6) is 0 Å². The van der Waals surface area contributed by atoms with Crippen LogP contribution in [-0.4, -0.2) is 42.6 Å². The van der Waals surface area contributed by atoms with Gasteiger partial charge in [-0.2, -0.15) is 0 Å². The van der Waals surface area contributed by atoms with Gasteiger partial charge in [-0.15, -0.1) is 0 Å². The monoisotopic (exact) mass is 334 g/mol. The number of aliphatic carboxylic acids is 1. The molecule has 0 radical (unpaired) electrons. The number of ether oxygens (including phenoxy) is 1. The molecule has 1 aliphatic heterocycles. The van der Waals surface area contributed by atoms with Crippen LogP contribution in [0.1, 0.15) is 24.8 Å². The summed E-state index contributed by atoms with van der Waals surface area (Å²) < 4.78 is 4.84. The molecule has 0 aromatic heterocycles. The first-order chi connectivity index (χ1) is 11.5. The molecule has 1 aromatic carbocycles. The van der Waals surface area contributed by atoms with E-state index in [0.717, 1.165) is 11.3 Å². The zero-order valence-corrected chi connectivity index (χ0v) is 13.6. The first-order valence-corrected chi connectivity index (χ1v) is 7.91. The van der Waals surface area contributed by atoms with Crippen molar-refractivity contribution in [3.05, 3.63) is 29.8 Å². The Kier molecular flexibility index (Phi) is 6.31. The van der Waals surface area contributed by atoms with Crippen LogP contribution in [-0.2, 0) is 25.5 Å². The number of amides is 2. The number of carboxylic acids is 1. The first-order valence-electron chi connectivity index (χ1n) is 7.91. The summed E-state index contributed by atoms with van der Waals surface area (Å²) in [4.78, 5) is 35.2. The van der Waals surface area contributed by atoms with Crippen molar-refractivity contribution < 1.29 is 24.2 Å². The van der Waals surface area contributed by atoms with Crippen molar-refractivity contribution in [2.45, 2.75) is 31.7 Å². The molecule has 130 valence electrons. The molecular formula is C17H22N2O5. The normalized spacial score (nSPS) is 17.5. The first kappa shape index (κ1) is 17.9. The zero-order valence-electron chi connectivity index (χ0n) is 13.6. The van der Waals surface area contributed by atoms with E-state index in [-0.39, 0.29) is 37.2 Å². The second-order valence-electron chi connectivity index (χ2n) is 5.83. The van der Waals surface area contributed by atoms with Crippen molar-refractivity contribution in [2.24, 2.45) is 5.92 Å². The van der Waals surface area contributed by atoms with E-state index in [1.165, 1.54) is 7.11 Å². The van der Waals surface area contributed by atoms with E-state index >= 15 is 0 Å². The number of benzene rings is 1. The maximum Gasteiger partial charge on any atom is 0.326 e. The number of carboxylic acid groups (broad SMARTS) is 1. The summed E-state index contributed by atoms with van der Waals surface area (Å²) in [5.74, 6) is -1.85. The SMILES string of the molecule is COCCC(NC(=O)CCC1Cc2ccccc2NC1=O)C(=O)O. The van der Waals surface area contributed by atoms with E-state index in [4.69, 9.17) is 9.84 Å². The summed E-state index contributed by atoms with van der Waals surface area (Å²) in [7, 11) is 1.47. The Morgan fingerprint density at radius 3 is 2.88 bits per heavy atom. The van der Waals surface area contributed by atoms with E-state index in [9.17, 15) is 14.4 Å². The second-order valence-corrected chi connectivity index (χ2v) is 5.83. The summed E-state index contributed by atoms with van der Waals surface area (Å²) in [6.07, 6.45) is 1.27. The van der Waals surface area contributed by atoms with Gasteiger partial charge >= 0.3 is 5.97 Å². The Morgan fingerprint density at radius 2 is 2.17 bits per heavy atom. The molecule has 1 heterocycles. The molecule has 1 aliphatic rings. The van der Waals surface area contributed by atoms with Crippen LogP contribution in [0, 0.1) is 5.92 Å². The number of rotatable bonds is 8. The molecule has 2 atom stereocenters. The summed E-state index contributed by atoms with van der Waals surface area (Å²) in [5, 5.41) is 14.4. The van der Waals surface area contributed by atoms with Crippen LogP contribution in [0.25, 0.3) is 0 Å². The van der Waals surface area contributed by atoms with Gasteiger partial charge in [0.15, 0.2) is 0 Å². The van der Waals surface area contributed by atoms with E-state index in [2.05, 4.69) is 10.6 Å². The number of hydrogen-bond acceptors (Lipinski definition) is 4. The highest BCUT2D eigenvalue weighted by Gasteiger charge is 2.27. The van der Waals surface area contributed by atoms with E-state index in [0.29, 0.717) is 12.8 Å². The average molecular weight is 334 g/mol. The van der Waals surface area contributed by atoms with Crippen LogP contribution in [0.15, 0.2) is 24.3 Å². The molecule has 2 amide bonds. The minimum Gasteiger partial charge on any atom is -0.480 e. The topological polar surface area (TPSA) is 105 Å². The van der Waals surface area contributed by atoms with E-state index in [1.807, 2.05) is 24.3 Å². The van der Waals surface area contributed by atoms with Crippen LogP contribution < -0.4 is 10.6 Å². The van der Waals surface area contributed by atoms with Gasteiger partial charge in [-0.05, 0) is 24.5 Å². The molecule has 7 heteroatoms. The molecule has 0 saturated carbocycles. The van der Waals surface area contributed by atoms with Gasteiger partial charge < -0.3 is 20.5 Å². The minimum absolute atomic E-state index is 0.101. The van der Waals surface area contributed by atoms with Gasteiger partial charge in [0.1, 0.15) is 6.04 Å². The molecule has 2 unspecified atom stereocenters. The molecule has 0 spiro atoms. The van der Waals surface area contributed by atoms with Crippen molar-refractivity contribution in [2.75, 3.05) is 19.0 Å². The lowest BCUT2D eigenvalue weighted by atomic mass is 9.89. The summed E-state index contributed by atoms with van der Waals surface area (Å²) >= 11 is 0. The molecule has 2 rings (SSSR count). The van der Waals surface area contributed by atoms with Crippen LogP contribution in [0.3, 0.4) is 0 Å². The lowest BCUT2D eigenvalue weighted by Gasteiger charge is -2.24. The number of nitrogens with one attached hydrogen (secondary N) is 2. The van der Waals surface area contributed by atoms with Gasteiger partial charge in [0, 0.05) is 38.2 Å². The fourth-order valence-corrected chi connectivity index (χ4v) is 2.71. The Bertz CT molecular complexity index is 617. The van der Waals surface area contributed by atoms with Gasteiger partial charge in [0.25, 0.3) is 0 Å². The Balaban J connectivity index is 1.85. The molecule has 0 bridgehead atoms. The third-order valence-corrected chi connectivity index (χ3v) is 4.08. The van der Waals surface area contributed by atoms with Crippen LogP contribution >= 0.6 is 0 Å². The van der Waals surface area contributed by atoms with Crippen molar-refractivity contribution in [3.8, 4) is 0 Å². The summed E-state index contributed by atoms with van der Waals surface area (Å²) in [5.41, 5.74) is 1.86. The molecule has 0 fully saturated rings. The van der Waals surface area contributed by atoms with Crippen LogP contribution in [0.2, 0.25) is 0 Å². The minimum atomic E-state index is -1.09. The van der Waals surface area contributed by atoms with E-state index in [1.54, 1.807) is 0 Å². The highest BCUT2D eigenvalue weighted by Crippen LogP contribution is 2.27. The molecule has 0 saturated heterocycles. The lowest BCUT2D eigenvalue weighted by molar-refractivity contribution is -0.142.